The maximum absolute atomic E-state index is 13.6. The van der Waals surface area contributed by atoms with Crippen LogP contribution in [0.15, 0.2) is 53.5 Å². The molecule has 1 saturated heterocycles. The number of aromatic nitrogens is 2. The minimum Gasteiger partial charge on any atom is -0.377 e. The maximum Gasteiger partial charge on any atom is 0.286 e. The van der Waals surface area contributed by atoms with Gasteiger partial charge in [0.15, 0.2) is 0 Å². The predicted molar refractivity (Wildman–Crippen MR) is 129 cm³/mol. The summed E-state index contributed by atoms with van der Waals surface area (Å²) in [6.07, 6.45) is 2.06. The fraction of sp³-hybridized carbons (Fsp3) is 0.346. The Morgan fingerprint density at radius 1 is 1.17 bits per heavy atom. The van der Waals surface area contributed by atoms with Crippen molar-refractivity contribution in [1.29, 1.82) is 0 Å². The normalized spacial score (nSPS) is 17.5. The zero-order chi connectivity index (χ0) is 24.7. The van der Waals surface area contributed by atoms with Gasteiger partial charge in [-0.3, -0.25) is 19.1 Å². The van der Waals surface area contributed by atoms with Gasteiger partial charge in [0.2, 0.25) is 0 Å². The molecule has 7 nitrogen and oxygen atoms in total. The second-order valence-corrected chi connectivity index (χ2v) is 9.10. The number of anilines is 2. The van der Waals surface area contributed by atoms with Crippen LogP contribution in [0.25, 0.3) is 11.1 Å². The summed E-state index contributed by atoms with van der Waals surface area (Å²) in [7, 11) is 0. The van der Waals surface area contributed by atoms with Gasteiger partial charge in [0, 0.05) is 43.5 Å². The summed E-state index contributed by atoms with van der Waals surface area (Å²) in [6.45, 7) is 5.33. The van der Waals surface area contributed by atoms with Crippen LogP contribution in [0.4, 0.5) is 20.3 Å². The zero-order valence-electron chi connectivity index (χ0n) is 19.6. The van der Waals surface area contributed by atoms with E-state index in [1.807, 2.05) is 19.1 Å². The molecular formula is C26H26F2N4O3. The van der Waals surface area contributed by atoms with E-state index in [4.69, 9.17) is 4.74 Å². The first-order valence-electron chi connectivity index (χ1n) is 11.6. The second-order valence-electron chi connectivity index (χ2n) is 9.10. The molecule has 182 valence electrons. The number of carbonyl (C=O) groups is 1. The van der Waals surface area contributed by atoms with Crippen molar-refractivity contribution in [3.63, 3.8) is 0 Å². The molecule has 2 aliphatic rings. The molecule has 0 aliphatic carbocycles. The van der Waals surface area contributed by atoms with Crippen LogP contribution >= 0.6 is 0 Å². The van der Waals surface area contributed by atoms with Gasteiger partial charge in [-0.05, 0) is 60.4 Å². The van der Waals surface area contributed by atoms with Crippen LogP contribution in [0.2, 0.25) is 0 Å². The van der Waals surface area contributed by atoms with Gasteiger partial charge in [0.25, 0.3) is 17.4 Å². The quantitative estimate of drug-likeness (QED) is 0.606. The Kier molecular flexibility index (Phi) is 5.88. The molecule has 0 saturated carbocycles. The molecule has 2 aromatic heterocycles. The zero-order valence-corrected chi connectivity index (χ0v) is 19.6. The van der Waals surface area contributed by atoms with E-state index in [0.717, 1.165) is 48.5 Å². The fourth-order valence-corrected chi connectivity index (χ4v) is 4.70. The van der Waals surface area contributed by atoms with Crippen LogP contribution in [0.3, 0.4) is 0 Å². The van der Waals surface area contributed by atoms with Crippen molar-refractivity contribution in [2.24, 2.45) is 0 Å². The lowest BCUT2D eigenvalue weighted by molar-refractivity contribution is 0.0127. The average molecular weight is 481 g/mol. The van der Waals surface area contributed by atoms with E-state index in [1.54, 1.807) is 22.8 Å². The van der Waals surface area contributed by atoms with Gasteiger partial charge >= 0.3 is 0 Å². The number of nitrogens with zero attached hydrogens (tertiary/aromatic N) is 3. The molecule has 1 amide bonds. The number of hydrogen-bond donors (Lipinski definition) is 1. The van der Waals surface area contributed by atoms with Gasteiger partial charge in [-0.1, -0.05) is 6.07 Å². The van der Waals surface area contributed by atoms with Crippen molar-refractivity contribution < 1.29 is 18.3 Å². The molecule has 1 N–H and O–H groups in total. The molecule has 0 radical (unpaired) electrons. The summed E-state index contributed by atoms with van der Waals surface area (Å²) in [4.78, 5) is 31.6. The van der Waals surface area contributed by atoms with Gasteiger partial charge in [-0.2, -0.15) is 8.78 Å². The van der Waals surface area contributed by atoms with Crippen molar-refractivity contribution >= 4 is 17.4 Å². The van der Waals surface area contributed by atoms with Crippen molar-refractivity contribution in [2.75, 3.05) is 30.0 Å². The highest BCUT2D eigenvalue weighted by molar-refractivity contribution is 6.04. The molecule has 1 unspecified atom stereocenters. The SMILES string of the molecule is Cc1ccc(NC(=O)c2ccnc(C(C)(F)F)c2)cc1-c1cc2n(c(=O)c1)CCC1COCCN21. The molecule has 35 heavy (non-hydrogen) atoms. The number of pyridine rings is 2. The number of aryl methyl sites for hydroxylation is 1. The van der Waals surface area contributed by atoms with E-state index in [1.165, 1.54) is 12.3 Å². The first-order chi connectivity index (χ1) is 16.7. The molecule has 9 heteroatoms. The highest BCUT2D eigenvalue weighted by Crippen LogP contribution is 2.32. The Morgan fingerprint density at radius 3 is 2.80 bits per heavy atom. The monoisotopic (exact) mass is 480 g/mol. The van der Waals surface area contributed by atoms with Crippen molar-refractivity contribution in [1.82, 2.24) is 9.55 Å². The molecule has 5 rings (SSSR count). The van der Waals surface area contributed by atoms with Crippen molar-refractivity contribution in [2.45, 2.75) is 38.8 Å². The van der Waals surface area contributed by atoms with Crippen LogP contribution in [-0.2, 0) is 17.2 Å². The van der Waals surface area contributed by atoms with Crippen molar-refractivity contribution in [3.8, 4) is 11.1 Å². The van der Waals surface area contributed by atoms with E-state index in [2.05, 4.69) is 15.2 Å². The average Bonchev–Trinajstić information content (AvgIpc) is 2.84. The number of hydrogen-bond acceptors (Lipinski definition) is 5. The number of amides is 1. The maximum atomic E-state index is 13.6. The van der Waals surface area contributed by atoms with Crippen LogP contribution in [-0.4, -0.2) is 41.3 Å². The minimum atomic E-state index is -3.15. The summed E-state index contributed by atoms with van der Waals surface area (Å²) in [5, 5.41) is 2.77. The Labute approximate surface area is 201 Å². The van der Waals surface area contributed by atoms with Gasteiger partial charge in [-0.15, -0.1) is 0 Å². The number of alkyl halides is 2. The lowest BCUT2D eigenvalue weighted by Crippen LogP contribution is -2.51. The number of morpholine rings is 1. The summed E-state index contributed by atoms with van der Waals surface area (Å²) in [5.41, 5.74) is 2.57. The van der Waals surface area contributed by atoms with Gasteiger partial charge < -0.3 is 15.0 Å². The third-order valence-electron chi connectivity index (χ3n) is 6.59. The Morgan fingerprint density at radius 2 is 2.00 bits per heavy atom. The predicted octanol–water partition coefficient (Wildman–Crippen LogP) is 4.19. The van der Waals surface area contributed by atoms with E-state index < -0.39 is 17.5 Å². The molecule has 4 heterocycles. The number of fused-ring (bicyclic) bond motifs is 3. The van der Waals surface area contributed by atoms with E-state index >= 15 is 0 Å². The Bertz CT molecular complexity index is 1350. The van der Waals surface area contributed by atoms with Gasteiger partial charge in [0.05, 0.1) is 19.3 Å². The molecule has 1 atom stereocenters. The first kappa shape index (κ1) is 23.2. The number of halogens is 2. The minimum absolute atomic E-state index is 0.0684. The topological polar surface area (TPSA) is 76.5 Å². The molecule has 1 fully saturated rings. The number of nitrogens with one attached hydrogen (secondary N) is 1. The highest BCUT2D eigenvalue weighted by atomic mass is 19.3. The van der Waals surface area contributed by atoms with Crippen LogP contribution < -0.4 is 15.8 Å². The number of ether oxygens (including phenoxy) is 1. The molecule has 3 aromatic rings. The van der Waals surface area contributed by atoms with Crippen LogP contribution in [0, 0.1) is 6.92 Å². The van der Waals surface area contributed by atoms with Gasteiger partial charge in [-0.25, -0.2) is 0 Å². The van der Waals surface area contributed by atoms with E-state index in [9.17, 15) is 18.4 Å². The molecule has 1 aromatic carbocycles. The third kappa shape index (κ3) is 4.55. The third-order valence-corrected chi connectivity index (χ3v) is 6.59. The Balaban J connectivity index is 1.46. The smallest absolute Gasteiger partial charge is 0.286 e. The second kappa shape index (κ2) is 8.88. The number of benzene rings is 1. The van der Waals surface area contributed by atoms with Crippen molar-refractivity contribution in [3.05, 3.63) is 75.8 Å². The van der Waals surface area contributed by atoms with E-state index in [0.29, 0.717) is 25.4 Å². The molecular weight excluding hydrogens is 454 g/mol. The van der Waals surface area contributed by atoms with Crippen LogP contribution in [0.1, 0.15) is 35.0 Å². The van der Waals surface area contributed by atoms with E-state index in [-0.39, 0.29) is 17.2 Å². The lowest BCUT2D eigenvalue weighted by Gasteiger charge is -2.42. The number of rotatable bonds is 4. The largest absolute Gasteiger partial charge is 0.377 e. The lowest BCUT2D eigenvalue weighted by atomic mass is 9.99. The fourth-order valence-electron chi connectivity index (χ4n) is 4.70. The molecule has 0 spiro atoms. The summed E-state index contributed by atoms with van der Waals surface area (Å²) in [6, 6.07) is 11.8. The number of carbonyl (C=O) groups excluding carboxylic acids is 1. The first-order valence-corrected chi connectivity index (χ1v) is 11.6. The standard InChI is InChI=1S/C26H26F2N4O3/c1-16-3-4-19(30-25(34)17-5-7-29-22(11-17)26(2,27)28)14-21(16)18-12-23-31-9-10-35-15-20(31)6-8-32(23)24(33)13-18/h3-5,7,11-14,20H,6,8-10,15H2,1-2H3,(H,30,34). The summed E-state index contributed by atoms with van der Waals surface area (Å²) in [5.74, 6) is -2.78. The van der Waals surface area contributed by atoms with Crippen LogP contribution in [0.5, 0.6) is 0 Å². The molecule has 0 bridgehead atoms. The highest BCUT2D eigenvalue weighted by Gasteiger charge is 2.30. The summed E-state index contributed by atoms with van der Waals surface area (Å²) >= 11 is 0. The molecule has 2 aliphatic heterocycles. The Hall–Kier alpha value is -3.59. The summed E-state index contributed by atoms with van der Waals surface area (Å²) < 4.78 is 34.7. The van der Waals surface area contributed by atoms with Gasteiger partial charge in [0.1, 0.15) is 11.5 Å².